The zero-order valence-electron chi connectivity index (χ0n) is 15.9. The van der Waals surface area contributed by atoms with Crippen LogP contribution in [0.4, 0.5) is 17.3 Å². The second-order valence-electron chi connectivity index (χ2n) is 6.37. The number of aryl methyl sites for hydroxylation is 1. The number of nitrogen functional groups attached to an aromatic ring is 1. The fourth-order valence-corrected chi connectivity index (χ4v) is 2.75. The summed E-state index contributed by atoms with van der Waals surface area (Å²) in [4.78, 5) is 29.4. The van der Waals surface area contributed by atoms with Gasteiger partial charge in [0.2, 0.25) is 0 Å². The number of amides is 2. The minimum absolute atomic E-state index is 0.156. The molecule has 0 aliphatic heterocycles. The van der Waals surface area contributed by atoms with Crippen molar-refractivity contribution in [1.29, 1.82) is 0 Å². The van der Waals surface area contributed by atoms with Crippen LogP contribution in [0.2, 0.25) is 0 Å². The molecule has 10 heteroatoms. The quantitative estimate of drug-likeness (QED) is 0.465. The summed E-state index contributed by atoms with van der Waals surface area (Å²) in [5.41, 5.74) is 7.88. The number of aromatic nitrogens is 4. The Hall–Kier alpha value is -4.47. The van der Waals surface area contributed by atoms with Gasteiger partial charge >= 0.3 is 0 Å². The lowest BCUT2D eigenvalue weighted by Gasteiger charge is -2.10. The maximum Gasteiger partial charge on any atom is 0.261 e. The van der Waals surface area contributed by atoms with E-state index in [4.69, 9.17) is 10.3 Å². The Labute approximate surface area is 170 Å². The van der Waals surface area contributed by atoms with E-state index in [-0.39, 0.29) is 17.3 Å². The summed E-state index contributed by atoms with van der Waals surface area (Å²) < 4.78 is 6.07. The molecule has 0 radical (unpaired) electrons. The van der Waals surface area contributed by atoms with Gasteiger partial charge in [-0.1, -0.05) is 17.3 Å². The molecule has 0 spiro atoms. The first kappa shape index (κ1) is 18.9. The number of nitrogens with zero attached hydrogens (tertiary/aromatic N) is 4. The van der Waals surface area contributed by atoms with Gasteiger partial charge in [0.1, 0.15) is 17.6 Å². The molecule has 3 heterocycles. The molecule has 3 aromatic heterocycles. The van der Waals surface area contributed by atoms with E-state index in [0.717, 1.165) is 5.56 Å². The van der Waals surface area contributed by atoms with Crippen LogP contribution in [-0.2, 0) is 0 Å². The molecule has 0 bridgehead atoms. The third kappa shape index (κ3) is 3.74. The van der Waals surface area contributed by atoms with E-state index in [1.807, 2.05) is 6.92 Å². The highest BCUT2D eigenvalue weighted by Gasteiger charge is 2.18. The van der Waals surface area contributed by atoms with Crippen LogP contribution >= 0.6 is 0 Å². The molecule has 2 amide bonds. The molecule has 0 saturated heterocycles. The molecule has 4 rings (SSSR count). The molecule has 0 aliphatic rings. The summed E-state index contributed by atoms with van der Waals surface area (Å²) in [6.45, 7) is 1.82. The molecule has 0 saturated carbocycles. The van der Waals surface area contributed by atoms with Crippen LogP contribution in [0.15, 0.2) is 65.6 Å². The van der Waals surface area contributed by atoms with Crippen LogP contribution in [0, 0.1) is 6.92 Å². The lowest BCUT2D eigenvalue weighted by Crippen LogP contribution is -2.16. The van der Waals surface area contributed by atoms with Gasteiger partial charge < -0.3 is 20.9 Å². The highest BCUT2D eigenvalue weighted by molar-refractivity contribution is 6.09. The average molecular weight is 403 g/mol. The van der Waals surface area contributed by atoms with Crippen molar-refractivity contribution in [3.05, 3.63) is 77.8 Å². The van der Waals surface area contributed by atoms with Gasteiger partial charge in [-0.15, -0.1) is 0 Å². The lowest BCUT2D eigenvalue weighted by atomic mass is 10.1. The number of anilines is 3. The van der Waals surface area contributed by atoms with Crippen molar-refractivity contribution in [2.24, 2.45) is 0 Å². The van der Waals surface area contributed by atoms with E-state index in [9.17, 15) is 9.59 Å². The number of benzene rings is 1. The summed E-state index contributed by atoms with van der Waals surface area (Å²) >= 11 is 0. The molecule has 0 aliphatic carbocycles. The van der Waals surface area contributed by atoms with Crippen LogP contribution in [0.3, 0.4) is 0 Å². The number of carbonyl (C=O) groups excluding carboxylic acids is 2. The molecule has 4 N–H and O–H groups in total. The summed E-state index contributed by atoms with van der Waals surface area (Å²) in [5, 5.41) is 13.2. The molecular weight excluding hydrogens is 386 g/mol. The van der Waals surface area contributed by atoms with Crippen LogP contribution in [0.1, 0.15) is 26.3 Å². The smallest absolute Gasteiger partial charge is 0.261 e. The molecule has 0 unspecified atom stereocenters. The maximum atomic E-state index is 12.8. The second-order valence-corrected chi connectivity index (χ2v) is 6.37. The Morgan fingerprint density at radius 3 is 2.70 bits per heavy atom. The molecule has 1 aromatic carbocycles. The van der Waals surface area contributed by atoms with Gasteiger partial charge in [-0.2, -0.15) is 9.78 Å². The number of carbonyl (C=O) groups is 2. The van der Waals surface area contributed by atoms with Gasteiger partial charge in [-0.05, 0) is 36.8 Å². The van der Waals surface area contributed by atoms with Gasteiger partial charge in [0, 0.05) is 23.5 Å². The Morgan fingerprint density at radius 1 is 1.10 bits per heavy atom. The Morgan fingerprint density at radius 2 is 1.97 bits per heavy atom. The predicted molar refractivity (Wildman–Crippen MR) is 109 cm³/mol. The van der Waals surface area contributed by atoms with Crippen molar-refractivity contribution in [2.75, 3.05) is 16.4 Å². The van der Waals surface area contributed by atoms with E-state index < -0.39 is 5.91 Å². The third-order valence-corrected chi connectivity index (χ3v) is 4.34. The van der Waals surface area contributed by atoms with Crippen molar-refractivity contribution in [3.8, 4) is 5.82 Å². The van der Waals surface area contributed by atoms with E-state index >= 15 is 0 Å². The molecule has 30 heavy (non-hydrogen) atoms. The van der Waals surface area contributed by atoms with Gasteiger partial charge in [-0.3, -0.25) is 9.59 Å². The summed E-state index contributed by atoms with van der Waals surface area (Å²) in [7, 11) is 0. The number of nitrogens with one attached hydrogen (secondary N) is 2. The minimum Gasteiger partial charge on any atom is -0.383 e. The number of nitrogens with two attached hydrogens (primary N) is 1. The summed E-state index contributed by atoms with van der Waals surface area (Å²) in [6, 6.07) is 11.8. The van der Waals surface area contributed by atoms with Crippen LogP contribution in [-0.4, -0.2) is 31.7 Å². The zero-order chi connectivity index (χ0) is 21.1. The number of pyridine rings is 1. The number of hydrogen-bond acceptors (Lipinski definition) is 7. The number of rotatable bonds is 5. The van der Waals surface area contributed by atoms with Crippen molar-refractivity contribution < 1.29 is 14.1 Å². The maximum absolute atomic E-state index is 12.8. The fraction of sp³-hybridized carbons (Fsp3) is 0.0500. The molecular formula is C20H17N7O3. The Kier molecular flexibility index (Phi) is 4.95. The van der Waals surface area contributed by atoms with Crippen LogP contribution in [0.25, 0.3) is 5.82 Å². The van der Waals surface area contributed by atoms with E-state index in [0.29, 0.717) is 22.9 Å². The van der Waals surface area contributed by atoms with Gasteiger partial charge in [0.25, 0.3) is 11.8 Å². The highest BCUT2D eigenvalue weighted by atomic mass is 16.5. The predicted octanol–water partition coefficient (Wildman–Crippen LogP) is 2.65. The van der Waals surface area contributed by atoms with Crippen molar-refractivity contribution >= 4 is 29.1 Å². The summed E-state index contributed by atoms with van der Waals surface area (Å²) in [5.74, 6) is 0.107. The average Bonchev–Trinajstić information content (AvgIpc) is 3.39. The minimum atomic E-state index is -0.452. The van der Waals surface area contributed by atoms with Gasteiger partial charge in [0.15, 0.2) is 11.6 Å². The van der Waals surface area contributed by atoms with Crippen molar-refractivity contribution in [2.45, 2.75) is 6.92 Å². The lowest BCUT2D eigenvalue weighted by molar-refractivity contribution is 0.101. The fourth-order valence-electron chi connectivity index (χ4n) is 2.75. The first-order chi connectivity index (χ1) is 14.5. The monoisotopic (exact) mass is 403 g/mol. The SMILES string of the molecule is Cc1ccc(C(=O)Nc2ccon2)cc1NC(=O)c1cnn(-c2ccccn2)c1N. The third-order valence-electron chi connectivity index (χ3n) is 4.34. The Balaban J connectivity index is 1.55. The zero-order valence-corrected chi connectivity index (χ0v) is 15.9. The first-order valence-electron chi connectivity index (χ1n) is 8.91. The van der Waals surface area contributed by atoms with Crippen LogP contribution < -0.4 is 16.4 Å². The molecule has 4 aromatic rings. The van der Waals surface area contributed by atoms with Crippen molar-refractivity contribution in [3.63, 3.8) is 0 Å². The van der Waals surface area contributed by atoms with E-state index in [1.54, 1.807) is 42.6 Å². The van der Waals surface area contributed by atoms with Gasteiger partial charge in [0.05, 0.1) is 6.20 Å². The molecule has 150 valence electrons. The standard InChI is InChI=1S/C20H17N7O3/c1-12-5-6-13(19(28)25-16-7-9-30-26-16)10-15(12)24-20(29)14-11-23-27(18(14)21)17-4-2-3-8-22-17/h2-11H,21H2,1H3,(H,24,29)(H,25,26,28). The van der Waals surface area contributed by atoms with E-state index in [1.165, 1.54) is 23.2 Å². The topological polar surface area (TPSA) is 141 Å². The van der Waals surface area contributed by atoms with Gasteiger partial charge in [-0.25, -0.2) is 4.98 Å². The summed E-state index contributed by atoms with van der Waals surface area (Å²) in [6.07, 6.45) is 4.33. The number of hydrogen-bond donors (Lipinski definition) is 3. The first-order valence-corrected chi connectivity index (χ1v) is 8.91. The Bertz CT molecular complexity index is 1200. The van der Waals surface area contributed by atoms with Crippen molar-refractivity contribution in [1.82, 2.24) is 19.9 Å². The molecule has 0 fully saturated rings. The highest BCUT2D eigenvalue weighted by Crippen LogP contribution is 2.21. The largest absolute Gasteiger partial charge is 0.383 e. The van der Waals surface area contributed by atoms with Crippen LogP contribution in [0.5, 0.6) is 0 Å². The molecule has 0 atom stereocenters. The van der Waals surface area contributed by atoms with E-state index in [2.05, 4.69) is 25.9 Å². The molecule has 10 nitrogen and oxygen atoms in total. The second kappa shape index (κ2) is 7.87. The normalized spacial score (nSPS) is 10.6.